The van der Waals surface area contributed by atoms with Crippen LogP contribution in [-0.2, 0) is 4.79 Å². The van der Waals surface area contributed by atoms with Crippen LogP contribution in [0.2, 0.25) is 0 Å². The van der Waals surface area contributed by atoms with Crippen LogP contribution in [0.25, 0.3) is 16.8 Å². The minimum atomic E-state index is -0.251. The van der Waals surface area contributed by atoms with Crippen molar-refractivity contribution in [2.24, 2.45) is 0 Å². The maximum atomic E-state index is 12.9. The number of nitrogens with zero attached hydrogens (tertiary/aromatic N) is 5. The van der Waals surface area contributed by atoms with Gasteiger partial charge >= 0.3 is 0 Å². The van der Waals surface area contributed by atoms with Crippen LogP contribution in [0, 0.1) is 11.8 Å². The number of hydrogen-bond donors (Lipinski definition) is 2. The van der Waals surface area contributed by atoms with Crippen LogP contribution in [-0.4, -0.2) is 42.6 Å². The van der Waals surface area contributed by atoms with E-state index < -0.39 is 0 Å². The highest BCUT2D eigenvalue weighted by Crippen LogP contribution is 2.36. The number of likely N-dealkylation sites (tertiary alicyclic amines) is 1. The summed E-state index contributed by atoms with van der Waals surface area (Å²) in [6, 6.07) is 10.8. The Labute approximate surface area is 221 Å². The number of hydrogen-bond acceptors (Lipinski definition) is 6. The first-order valence-electron chi connectivity index (χ1n) is 12.6. The van der Waals surface area contributed by atoms with Gasteiger partial charge in [0.05, 0.1) is 6.04 Å². The number of aromatic nitrogens is 4. The number of nitrogens with two attached hydrogens (primary N) is 1. The third kappa shape index (κ3) is 4.68. The minimum Gasteiger partial charge on any atom is -0.382 e. The van der Waals surface area contributed by atoms with Crippen molar-refractivity contribution in [1.82, 2.24) is 24.3 Å². The molecule has 38 heavy (non-hydrogen) atoms. The Morgan fingerprint density at radius 3 is 2.66 bits per heavy atom. The number of anilines is 2. The molecule has 0 radical (unpaired) electrons. The number of nitrogens with one attached hydrogen (secondary N) is 1. The maximum Gasteiger partial charge on any atom is 0.299 e. The zero-order chi connectivity index (χ0) is 26.8. The number of imidazole rings is 1. The average molecular weight is 508 g/mol. The largest absolute Gasteiger partial charge is 0.382 e. The van der Waals surface area contributed by atoms with E-state index in [1.54, 1.807) is 36.4 Å². The molecule has 1 aromatic carbocycles. The van der Waals surface area contributed by atoms with Gasteiger partial charge in [-0.1, -0.05) is 31.9 Å². The fourth-order valence-corrected chi connectivity index (χ4v) is 4.82. The lowest BCUT2D eigenvalue weighted by molar-refractivity contribution is -0.126. The lowest BCUT2D eigenvalue weighted by atomic mass is 10.1. The van der Waals surface area contributed by atoms with Gasteiger partial charge in [0.15, 0.2) is 0 Å². The zero-order valence-corrected chi connectivity index (χ0v) is 21.6. The molecule has 4 heterocycles. The molecule has 2 amide bonds. The summed E-state index contributed by atoms with van der Waals surface area (Å²) in [5.74, 6) is 6.78. The highest BCUT2D eigenvalue weighted by molar-refractivity contribution is 6.04. The number of benzene rings is 1. The van der Waals surface area contributed by atoms with E-state index in [1.807, 2.05) is 34.9 Å². The summed E-state index contributed by atoms with van der Waals surface area (Å²) >= 11 is 0. The second kappa shape index (κ2) is 10.3. The Morgan fingerprint density at radius 1 is 1.13 bits per heavy atom. The molecule has 0 bridgehead atoms. The molecule has 0 aliphatic carbocycles. The quantitative estimate of drug-likeness (QED) is 0.386. The van der Waals surface area contributed by atoms with Crippen molar-refractivity contribution < 1.29 is 9.59 Å². The summed E-state index contributed by atoms with van der Waals surface area (Å²) < 4.78 is 1.90. The van der Waals surface area contributed by atoms with Gasteiger partial charge in [-0.25, -0.2) is 15.0 Å². The molecule has 1 unspecified atom stereocenters. The van der Waals surface area contributed by atoms with E-state index in [0.29, 0.717) is 46.7 Å². The first-order valence-corrected chi connectivity index (χ1v) is 12.6. The van der Waals surface area contributed by atoms with Crippen molar-refractivity contribution in [3.05, 3.63) is 71.9 Å². The number of carbonyl (C=O) groups is 2. The molecule has 0 saturated carbocycles. The van der Waals surface area contributed by atoms with Gasteiger partial charge in [0.2, 0.25) is 0 Å². The maximum absolute atomic E-state index is 12.9. The second-order valence-corrected chi connectivity index (χ2v) is 9.54. The molecule has 1 atom stereocenters. The van der Waals surface area contributed by atoms with Crippen molar-refractivity contribution in [3.8, 4) is 23.1 Å². The highest BCUT2D eigenvalue weighted by Gasteiger charge is 2.33. The predicted octanol–water partition coefficient (Wildman–Crippen LogP) is 4.44. The van der Waals surface area contributed by atoms with E-state index in [2.05, 4.69) is 41.0 Å². The Hall–Kier alpha value is -4.71. The van der Waals surface area contributed by atoms with Gasteiger partial charge in [-0.3, -0.25) is 14.0 Å². The third-order valence-electron chi connectivity index (χ3n) is 6.77. The summed E-state index contributed by atoms with van der Waals surface area (Å²) in [7, 11) is 0. The SMILES string of the molecule is CC#CC(=O)N1CCCC1c1nc(-c2ccc(C(=O)Nc3cc(C(C)C)ccn3)cc2)c2c(N)nccn12. The second-order valence-electron chi connectivity index (χ2n) is 9.54. The van der Waals surface area contributed by atoms with Gasteiger partial charge in [0, 0.05) is 36.3 Å². The number of pyridine rings is 1. The molecule has 1 saturated heterocycles. The van der Waals surface area contributed by atoms with E-state index in [1.165, 1.54) is 0 Å². The zero-order valence-electron chi connectivity index (χ0n) is 21.6. The van der Waals surface area contributed by atoms with Crippen LogP contribution >= 0.6 is 0 Å². The van der Waals surface area contributed by atoms with Crippen LogP contribution in [0.3, 0.4) is 0 Å². The fourth-order valence-electron chi connectivity index (χ4n) is 4.82. The van der Waals surface area contributed by atoms with Crippen molar-refractivity contribution in [2.45, 2.75) is 45.6 Å². The third-order valence-corrected chi connectivity index (χ3v) is 6.77. The van der Waals surface area contributed by atoms with Gasteiger partial charge in [-0.15, -0.1) is 0 Å². The normalized spacial score (nSPS) is 14.9. The lowest BCUT2D eigenvalue weighted by Gasteiger charge is -2.21. The van der Waals surface area contributed by atoms with Crippen molar-refractivity contribution in [2.75, 3.05) is 17.6 Å². The van der Waals surface area contributed by atoms with E-state index in [0.717, 1.165) is 24.0 Å². The first kappa shape index (κ1) is 25.0. The lowest BCUT2D eigenvalue weighted by Crippen LogP contribution is -2.30. The number of carbonyl (C=O) groups excluding carboxylic acids is 2. The van der Waals surface area contributed by atoms with Crippen molar-refractivity contribution in [3.63, 3.8) is 0 Å². The van der Waals surface area contributed by atoms with Gasteiger partial charge in [0.25, 0.3) is 11.8 Å². The molecule has 5 rings (SSSR count). The van der Waals surface area contributed by atoms with E-state index >= 15 is 0 Å². The standard InChI is InChI=1S/C29H29N7O2/c1-4-6-24(37)35-15-5-7-22(35)28-34-25(26-27(30)32-14-16-36(26)28)19-8-10-20(11-9-19)29(38)33-23-17-21(18(2)3)12-13-31-23/h8-14,16-18,22H,5,7,15H2,1-3H3,(H2,30,32)(H,31,33,38). The summed E-state index contributed by atoms with van der Waals surface area (Å²) in [5.41, 5.74) is 9.98. The predicted molar refractivity (Wildman–Crippen MR) is 146 cm³/mol. The molecule has 192 valence electrons. The van der Waals surface area contributed by atoms with Crippen molar-refractivity contribution >= 4 is 29.0 Å². The minimum absolute atomic E-state index is 0.209. The summed E-state index contributed by atoms with van der Waals surface area (Å²) in [6.07, 6.45) is 6.78. The topological polar surface area (TPSA) is 119 Å². The number of nitrogen functional groups attached to an aromatic ring is 1. The Balaban J connectivity index is 1.46. The monoisotopic (exact) mass is 507 g/mol. The summed E-state index contributed by atoms with van der Waals surface area (Å²) in [6.45, 7) is 6.46. The molecule has 1 aliphatic rings. The van der Waals surface area contributed by atoms with Gasteiger partial charge in [-0.2, -0.15) is 0 Å². The molecule has 9 heteroatoms. The Morgan fingerprint density at radius 2 is 1.92 bits per heavy atom. The van der Waals surface area contributed by atoms with Gasteiger partial charge in [-0.05, 0) is 61.4 Å². The molecule has 9 nitrogen and oxygen atoms in total. The molecule has 3 aromatic heterocycles. The number of amides is 2. The van der Waals surface area contributed by atoms with Crippen LogP contribution in [0.4, 0.5) is 11.6 Å². The van der Waals surface area contributed by atoms with Gasteiger partial charge in [0.1, 0.15) is 28.7 Å². The van der Waals surface area contributed by atoms with Crippen LogP contribution in [0.1, 0.15) is 67.3 Å². The molecule has 1 fully saturated rings. The van der Waals surface area contributed by atoms with E-state index in [-0.39, 0.29) is 17.9 Å². The molecule has 3 N–H and O–H groups in total. The number of rotatable bonds is 5. The molecular formula is C29H29N7O2. The Kier molecular flexibility index (Phi) is 6.79. The van der Waals surface area contributed by atoms with E-state index in [4.69, 9.17) is 10.7 Å². The fraction of sp³-hybridized carbons (Fsp3) is 0.276. The highest BCUT2D eigenvalue weighted by atomic mass is 16.2. The summed E-state index contributed by atoms with van der Waals surface area (Å²) in [4.78, 5) is 40.8. The Bertz CT molecular complexity index is 1580. The molecule has 0 spiro atoms. The summed E-state index contributed by atoms with van der Waals surface area (Å²) in [5, 5.41) is 2.87. The van der Waals surface area contributed by atoms with E-state index in [9.17, 15) is 9.59 Å². The smallest absolute Gasteiger partial charge is 0.299 e. The average Bonchev–Trinajstić information content (AvgIpc) is 3.55. The first-order chi connectivity index (χ1) is 18.4. The molecule has 4 aromatic rings. The van der Waals surface area contributed by atoms with Crippen molar-refractivity contribution in [1.29, 1.82) is 0 Å². The number of fused-ring (bicyclic) bond motifs is 1. The van der Waals surface area contributed by atoms with Gasteiger partial charge < -0.3 is 16.0 Å². The molecular weight excluding hydrogens is 478 g/mol. The van der Waals surface area contributed by atoms with Crippen LogP contribution < -0.4 is 11.1 Å². The molecule has 1 aliphatic heterocycles. The van der Waals surface area contributed by atoms with Crippen LogP contribution in [0.5, 0.6) is 0 Å². The van der Waals surface area contributed by atoms with Crippen LogP contribution in [0.15, 0.2) is 55.0 Å².